The molecule has 1 aromatic carbocycles. The molecule has 2 fully saturated rings. The maximum atomic E-state index is 12.4. The Morgan fingerprint density at radius 3 is 2.48 bits per heavy atom. The van der Waals surface area contributed by atoms with Crippen molar-refractivity contribution in [2.45, 2.75) is 56.4 Å². The van der Waals surface area contributed by atoms with Crippen molar-refractivity contribution in [1.82, 2.24) is 10.0 Å². The lowest BCUT2D eigenvalue weighted by Crippen LogP contribution is -2.45. The van der Waals surface area contributed by atoms with Crippen molar-refractivity contribution in [2.75, 3.05) is 13.7 Å². The van der Waals surface area contributed by atoms with E-state index < -0.39 is 16.1 Å². The molecule has 0 spiro atoms. The van der Waals surface area contributed by atoms with Gasteiger partial charge in [-0.05, 0) is 55.4 Å². The van der Waals surface area contributed by atoms with Gasteiger partial charge < -0.3 is 10.1 Å². The summed E-state index contributed by atoms with van der Waals surface area (Å²) in [4.78, 5) is 12.4. The zero-order valence-corrected chi connectivity index (χ0v) is 16.9. The van der Waals surface area contributed by atoms with Gasteiger partial charge in [-0.15, -0.1) is 0 Å². The predicted molar refractivity (Wildman–Crippen MR) is 104 cm³/mol. The molecule has 2 aliphatic carbocycles. The number of nitrogens with one attached hydrogen (secondary N) is 2. The summed E-state index contributed by atoms with van der Waals surface area (Å²) in [5.41, 5.74) is 0. The molecule has 2 N–H and O–H groups in total. The third-order valence-corrected chi connectivity index (χ3v) is 7.42. The van der Waals surface area contributed by atoms with Crippen LogP contribution < -0.4 is 14.8 Å². The van der Waals surface area contributed by atoms with Crippen LogP contribution in [0.5, 0.6) is 5.75 Å². The van der Waals surface area contributed by atoms with Gasteiger partial charge in [-0.3, -0.25) is 4.79 Å². The van der Waals surface area contributed by atoms with Crippen LogP contribution in [0, 0.1) is 17.8 Å². The molecule has 0 saturated heterocycles. The maximum Gasteiger partial charge on any atom is 0.241 e. The average Bonchev–Trinajstić information content (AvgIpc) is 3.46. The zero-order chi connectivity index (χ0) is 19.4. The van der Waals surface area contributed by atoms with E-state index in [0.29, 0.717) is 18.2 Å². The molecule has 0 heterocycles. The molecule has 0 unspecified atom stereocenters. The Morgan fingerprint density at radius 2 is 1.85 bits per heavy atom. The van der Waals surface area contributed by atoms with Crippen LogP contribution in [0.25, 0.3) is 0 Å². The normalized spacial score (nSPS) is 24.2. The fourth-order valence-corrected chi connectivity index (χ4v) is 5.34. The standard InChI is InChI=1S/C20H30N2O4S/c1-14(22-27(24,25)18-10-8-17(26-2)9-11-18)20(23)21-13-16-12-19(16)15-6-4-3-5-7-15/h8-11,14-16,19,22H,3-7,12-13H2,1-2H3,(H,21,23)/t14-,16-,19+/m0/s1. The quantitative estimate of drug-likeness (QED) is 0.710. The van der Waals surface area contributed by atoms with Gasteiger partial charge in [0.05, 0.1) is 18.0 Å². The van der Waals surface area contributed by atoms with Crippen molar-refractivity contribution < 1.29 is 17.9 Å². The fourth-order valence-electron chi connectivity index (χ4n) is 4.14. The number of hydrogen-bond acceptors (Lipinski definition) is 4. The summed E-state index contributed by atoms with van der Waals surface area (Å²) in [6.07, 6.45) is 7.88. The van der Waals surface area contributed by atoms with Crippen molar-refractivity contribution in [1.29, 1.82) is 0 Å². The summed E-state index contributed by atoms with van der Waals surface area (Å²) in [5.74, 6) is 2.43. The second-order valence-electron chi connectivity index (χ2n) is 7.82. The molecule has 0 aromatic heterocycles. The Balaban J connectivity index is 1.45. The molecule has 0 radical (unpaired) electrons. The molecule has 0 aliphatic heterocycles. The predicted octanol–water partition coefficient (Wildman–Crippen LogP) is 2.69. The fraction of sp³-hybridized carbons (Fsp3) is 0.650. The summed E-state index contributed by atoms with van der Waals surface area (Å²) in [6, 6.07) is 5.27. The minimum Gasteiger partial charge on any atom is -0.497 e. The largest absolute Gasteiger partial charge is 0.497 e. The highest BCUT2D eigenvalue weighted by atomic mass is 32.2. The number of sulfonamides is 1. The first-order chi connectivity index (χ1) is 12.9. The Bertz CT molecular complexity index is 742. The van der Waals surface area contributed by atoms with Crippen LogP contribution in [0.15, 0.2) is 29.2 Å². The Labute approximate surface area is 162 Å². The van der Waals surface area contributed by atoms with E-state index in [9.17, 15) is 13.2 Å². The Morgan fingerprint density at radius 1 is 1.19 bits per heavy atom. The zero-order valence-electron chi connectivity index (χ0n) is 16.1. The number of benzene rings is 1. The number of methoxy groups -OCH3 is 1. The SMILES string of the molecule is COc1ccc(S(=O)(=O)N[C@@H](C)C(=O)NC[C@@H]2C[C@@H]2C2CCCCC2)cc1. The molecule has 1 amide bonds. The van der Waals surface area contributed by atoms with Crippen molar-refractivity contribution >= 4 is 15.9 Å². The van der Waals surface area contributed by atoms with E-state index in [2.05, 4.69) is 10.0 Å². The lowest BCUT2D eigenvalue weighted by molar-refractivity contribution is -0.122. The third-order valence-electron chi connectivity index (χ3n) is 5.87. The van der Waals surface area contributed by atoms with E-state index in [1.165, 1.54) is 57.8 Å². The van der Waals surface area contributed by atoms with Crippen LogP contribution >= 0.6 is 0 Å². The van der Waals surface area contributed by atoms with Gasteiger partial charge in [0.2, 0.25) is 15.9 Å². The molecule has 2 saturated carbocycles. The van der Waals surface area contributed by atoms with Gasteiger partial charge >= 0.3 is 0 Å². The second kappa shape index (κ2) is 8.61. The van der Waals surface area contributed by atoms with E-state index in [-0.39, 0.29) is 10.8 Å². The number of carbonyl (C=O) groups is 1. The summed E-state index contributed by atoms with van der Waals surface area (Å²) >= 11 is 0. The van der Waals surface area contributed by atoms with E-state index in [0.717, 1.165) is 11.8 Å². The second-order valence-corrected chi connectivity index (χ2v) is 9.54. The van der Waals surface area contributed by atoms with E-state index >= 15 is 0 Å². The Hall–Kier alpha value is -1.60. The number of amides is 1. The van der Waals surface area contributed by atoms with Gasteiger partial charge in [0.25, 0.3) is 0 Å². The number of ether oxygens (including phenoxy) is 1. The molecule has 150 valence electrons. The van der Waals surface area contributed by atoms with Crippen molar-refractivity contribution in [3.8, 4) is 5.75 Å². The first-order valence-electron chi connectivity index (χ1n) is 9.85. The topological polar surface area (TPSA) is 84.5 Å². The van der Waals surface area contributed by atoms with Crippen LogP contribution in [0.2, 0.25) is 0 Å². The van der Waals surface area contributed by atoms with Gasteiger partial charge in [-0.2, -0.15) is 4.72 Å². The van der Waals surface area contributed by atoms with E-state index in [1.54, 1.807) is 19.1 Å². The van der Waals surface area contributed by atoms with Crippen LogP contribution in [0.3, 0.4) is 0 Å². The van der Waals surface area contributed by atoms with Crippen LogP contribution in [-0.4, -0.2) is 34.0 Å². The van der Waals surface area contributed by atoms with Gasteiger partial charge in [0.15, 0.2) is 0 Å². The molecule has 7 heteroatoms. The molecule has 27 heavy (non-hydrogen) atoms. The van der Waals surface area contributed by atoms with Crippen molar-refractivity contribution in [2.24, 2.45) is 17.8 Å². The molecule has 6 nitrogen and oxygen atoms in total. The summed E-state index contributed by atoms with van der Waals surface area (Å²) in [7, 11) is -2.23. The van der Waals surface area contributed by atoms with Crippen LogP contribution in [0.4, 0.5) is 0 Å². The highest BCUT2D eigenvalue weighted by Gasteiger charge is 2.42. The van der Waals surface area contributed by atoms with Crippen molar-refractivity contribution in [3.63, 3.8) is 0 Å². The van der Waals surface area contributed by atoms with Gasteiger partial charge in [0, 0.05) is 6.54 Å². The lowest BCUT2D eigenvalue weighted by atomic mass is 9.85. The summed E-state index contributed by atoms with van der Waals surface area (Å²) < 4.78 is 32.3. The average molecular weight is 395 g/mol. The van der Waals surface area contributed by atoms with Gasteiger partial charge in [-0.25, -0.2) is 8.42 Å². The van der Waals surface area contributed by atoms with Crippen LogP contribution in [0.1, 0.15) is 45.4 Å². The maximum absolute atomic E-state index is 12.4. The minimum absolute atomic E-state index is 0.113. The first-order valence-corrected chi connectivity index (χ1v) is 11.3. The molecule has 3 atom stereocenters. The number of rotatable bonds is 8. The highest BCUT2D eigenvalue weighted by Crippen LogP contribution is 2.48. The third kappa shape index (κ3) is 5.23. The van der Waals surface area contributed by atoms with Gasteiger partial charge in [0.1, 0.15) is 5.75 Å². The number of hydrogen-bond donors (Lipinski definition) is 2. The van der Waals surface area contributed by atoms with Crippen molar-refractivity contribution in [3.05, 3.63) is 24.3 Å². The molecular formula is C20H30N2O4S. The molecule has 0 bridgehead atoms. The van der Waals surface area contributed by atoms with Gasteiger partial charge in [-0.1, -0.05) is 32.1 Å². The van der Waals surface area contributed by atoms with Crippen LogP contribution in [-0.2, 0) is 14.8 Å². The molecular weight excluding hydrogens is 364 g/mol. The van der Waals surface area contributed by atoms with E-state index in [4.69, 9.17) is 4.74 Å². The minimum atomic E-state index is -3.75. The molecule has 1 aromatic rings. The summed E-state index contributed by atoms with van der Waals surface area (Å²) in [5, 5.41) is 2.92. The smallest absolute Gasteiger partial charge is 0.241 e. The first kappa shape index (κ1) is 20.1. The molecule has 2 aliphatic rings. The summed E-state index contributed by atoms with van der Waals surface area (Å²) in [6.45, 7) is 2.22. The Kier molecular flexibility index (Phi) is 6.42. The monoisotopic (exact) mass is 394 g/mol. The lowest BCUT2D eigenvalue weighted by Gasteiger charge is -2.21. The van der Waals surface area contributed by atoms with E-state index in [1.807, 2.05) is 0 Å². The molecule has 3 rings (SSSR count). The highest BCUT2D eigenvalue weighted by molar-refractivity contribution is 7.89. The number of carbonyl (C=O) groups excluding carboxylic acids is 1.